The van der Waals surface area contributed by atoms with Gasteiger partial charge in [-0.1, -0.05) is 18.2 Å². The van der Waals surface area contributed by atoms with Crippen LogP contribution in [0.2, 0.25) is 0 Å². The van der Waals surface area contributed by atoms with E-state index in [2.05, 4.69) is 15.6 Å². The Kier molecular flexibility index (Phi) is 7.76. The molecule has 9 heteroatoms. The number of likely N-dealkylation sites (tertiary alicyclic amines) is 1. The molecule has 1 fully saturated rings. The van der Waals surface area contributed by atoms with Crippen LogP contribution in [0.1, 0.15) is 12.8 Å². The van der Waals surface area contributed by atoms with Crippen LogP contribution in [0.5, 0.6) is 11.5 Å². The van der Waals surface area contributed by atoms with Gasteiger partial charge in [0.15, 0.2) is 16.6 Å². The summed E-state index contributed by atoms with van der Waals surface area (Å²) in [5.74, 6) is 0.980. The lowest BCUT2D eigenvalue weighted by Gasteiger charge is -2.31. The summed E-state index contributed by atoms with van der Waals surface area (Å²) in [6, 6.07) is 15.0. The first-order valence-electron chi connectivity index (χ1n) is 11.1. The zero-order valence-electron chi connectivity index (χ0n) is 19.2. The van der Waals surface area contributed by atoms with Crippen molar-refractivity contribution >= 4 is 34.0 Å². The van der Waals surface area contributed by atoms with Crippen LogP contribution < -0.4 is 20.1 Å². The molecule has 178 valence electrons. The normalized spacial score (nSPS) is 16.0. The molecule has 0 unspecified atom stereocenters. The highest BCUT2D eigenvalue weighted by Gasteiger charge is 2.27. The lowest BCUT2D eigenvalue weighted by atomic mass is 9.97. The third-order valence-electron chi connectivity index (χ3n) is 5.71. The maximum absolute atomic E-state index is 12.7. The largest absolute Gasteiger partial charge is 0.493 e. The van der Waals surface area contributed by atoms with Crippen molar-refractivity contribution in [2.24, 2.45) is 5.92 Å². The molecule has 0 bridgehead atoms. The van der Waals surface area contributed by atoms with Crippen LogP contribution in [-0.4, -0.2) is 55.6 Å². The average Bonchev–Trinajstić information content (AvgIpc) is 3.32. The molecule has 8 nitrogen and oxygen atoms in total. The van der Waals surface area contributed by atoms with Gasteiger partial charge in [-0.2, -0.15) is 0 Å². The Balaban J connectivity index is 1.31. The van der Waals surface area contributed by atoms with Crippen molar-refractivity contribution in [2.45, 2.75) is 12.8 Å². The van der Waals surface area contributed by atoms with E-state index in [4.69, 9.17) is 9.47 Å². The lowest BCUT2D eigenvalue weighted by Crippen LogP contribution is -2.43. The number of rotatable bonds is 8. The number of aromatic nitrogens is 1. The van der Waals surface area contributed by atoms with Gasteiger partial charge in [-0.25, -0.2) is 4.98 Å². The minimum Gasteiger partial charge on any atom is -0.493 e. The van der Waals surface area contributed by atoms with E-state index < -0.39 is 0 Å². The van der Waals surface area contributed by atoms with Gasteiger partial charge in [0.2, 0.25) is 11.8 Å². The molecule has 2 aromatic carbocycles. The number of anilines is 2. The summed E-state index contributed by atoms with van der Waals surface area (Å²) in [7, 11) is 3.18. The highest BCUT2D eigenvalue weighted by molar-refractivity contribution is 7.14. The van der Waals surface area contributed by atoms with Crippen LogP contribution in [0.4, 0.5) is 10.8 Å². The Morgan fingerprint density at radius 3 is 2.65 bits per heavy atom. The molecule has 2 N–H and O–H groups in total. The fourth-order valence-corrected chi connectivity index (χ4v) is 4.74. The van der Waals surface area contributed by atoms with Crippen molar-refractivity contribution in [3.05, 3.63) is 53.9 Å². The first kappa shape index (κ1) is 23.7. The fraction of sp³-hybridized carbons (Fsp3) is 0.320. The summed E-state index contributed by atoms with van der Waals surface area (Å²) in [6.45, 7) is 1.57. The molecule has 1 aliphatic heterocycles. The average molecular weight is 481 g/mol. The number of carbonyl (C=O) groups excluding carboxylic acids is 2. The van der Waals surface area contributed by atoms with Crippen LogP contribution >= 0.6 is 11.3 Å². The summed E-state index contributed by atoms with van der Waals surface area (Å²) in [5.41, 5.74) is 2.41. The molecule has 2 heterocycles. The Morgan fingerprint density at radius 1 is 1.09 bits per heavy atom. The van der Waals surface area contributed by atoms with Gasteiger partial charge in [0.25, 0.3) is 0 Å². The Labute approximate surface area is 202 Å². The van der Waals surface area contributed by atoms with Gasteiger partial charge in [0, 0.05) is 23.2 Å². The Bertz CT molecular complexity index is 1130. The molecule has 0 aliphatic carbocycles. The minimum absolute atomic E-state index is 0.00390. The van der Waals surface area contributed by atoms with Crippen molar-refractivity contribution in [3.8, 4) is 22.8 Å². The van der Waals surface area contributed by atoms with Crippen molar-refractivity contribution < 1.29 is 19.1 Å². The van der Waals surface area contributed by atoms with Crippen molar-refractivity contribution in [2.75, 3.05) is 44.5 Å². The van der Waals surface area contributed by atoms with Gasteiger partial charge in [-0.3, -0.25) is 14.5 Å². The van der Waals surface area contributed by atoms with E-state index in [9.17, 15) is 9.59 Å². The maximum Gasteiger partial charge on any atom is 0.240 e. The molecule has 1 aliphatic rings. The minimum atomic E-state index is -0.141. The highest BCUT2D eigenvalue weighted by atomic mass is 32.1. The molecule has 4 rings (SSSR count). The van der Waals surface area contributed by atoms with Crippen molar-refractivity contribution in [3.63, 3.8) is 0 Å². The highest BCUT2D eigenvalue weighted by Crippen LogP contribution is 2.33. The molecule has 2 amide bonds. The van der Waals surface area contributed by atoms with Gasteiger partial charge in [0.1, 0.15) is 0 Å². The predicted molar refractivity (Wildman–Crippen MR) is 134 cm³/mol. The summed E-state index contributed by atoms with van der Waals surface area (Å²) in [4.78, 5) is 31.9. The third-order valence-corrected chi connectivity index (χ3v) is 6.47. The van der Waals surface area contributed by atoms with Gasteiger partial charge in [-0.05, 0) is 49.7 Å². The fourth-order valence-electron chi connectivity index (χ4n) is 4.00. The number of carbonyl (C=O) groups is 2. The molecule has 1 saturated heterocycles. The van der Waals surface area contributed by atoms with Gasteiger partial charge < -0.3 is 20.1 Å². The van der Waals surface area contributed by atoms with Gasteiger partial charge >= 0.3 is 0 Å². The van der Waals surface area contributed by atoms with E-state index in [0.717, 1.165) is 36.3 Å². The lowest BCUT2D eigenvalue weighted by molar-refractivity contribution is -0.123. The van der Waals surface area contributed by atoms with E-state index >= 15 is 0 Å². The molecule has 34 heavy (non-hydrogen) atoms. The second-order valence-electron chi connectivity index (χ2n) is 8.09. The smallest absolute Gasteiger partial charge is 0.240 e. The number of hydrogen-bond donors (Lipinski definition) is 2. The molecule has 0 radical (unpaired) electrons. The third kappa shape index (κ3) is 5.92. The number of hydrogen-bond acceptors (Lipinski definition) is 7. The Hall–Kier alpha value is -3.43. The van der Waals surface area contributed by atoms with E-state index in [-0.39, 0.29) is 24.3 Å². The predicted octanol–water partition coefficient (Wildman–Crippen LogP) is 4.12. The molecular formula is C25H28N4O4S. The van der Waals surface area contributed by atoms with Crippen molar-refractivity contribution in [1.82, 2.24) is 9.88 Å². The molecule has 3 aromatic rings. The topological polar surface area (TPSA) is 92.8 Å². The Morgan fingerprint density at radius 2 is 1.88 bits per heavy atom. The summed E-state index contributed by atoms with van der Waals surface area (Å²) in [5, 5.41) is 8.28. The summed E-state index contributed by atoms with van der Waals surface area (Å²) >= 11 is 1.37. The first-order chi connectivity index (χ1) is 16.6. The van der Waals surface area contributed by atoms with Gasteiger partial charge in [-0.15, -0.1) is 11.3 Å². The quantitative estimate of drug-likeness (QED) is 0.504. The summed E-state index contributed by atoms with van der Waals surface area (Å²) in [6.07, 6.45) is 1.69. The zero-order chi connectivity index (χ0) is 23.9. The number of benzene rings is 2. The zero-order valence-corrected chi connectivity index (χ0v) is 20.1. The number of thiazole rings is 1. The number of para-hydroxylation sites is 1. The van der Waals surface area contributed by atoms with Gasteiger partial charge in [0.05, 0.1) is 32.4 Å². The van der Waals surface area contributed by atoms with Crippen molar-refractivity contribution in [1.29, 1.82) is 0 Å². The number of methoxy groups -OCH3 is 2. The number of nitrogens with zero attached hydrogens (tertiary/aromatic N) is 2. The summed E-state index contributed by atoms with van der Waals surface area (Å²) < 4.78 is 10.6. The SMILES string of the molecule is COc1ccc(-c2csc(NC(=O)CN3CCC[C@H](C(=O)Nc4ccccc4)C3)n2)cc1OC. The second kappa shape index (κ2) is 11.1. The number of piperidine rings is 1. The molecule has 1 atom stereocenters. The maximum atomic E-state index is 12.7. The second-order valence-corrected chi connectivity index (χ2v) is 8.94. The molecular weight excluding hydrogens is 452 g/mol. The van der Waals surface area contributed by atoms with Crippen LogP contribution in [0, 0.1) is 5.92 Å². The molecule has 1 aromatic heterocycles. The van der Waals surface area contributed by atoms with Crippen LogP contribution in [0.3, 0.4) is 0 Å². The monoisotopic (exact) mass is 480 g/mol. The van der Waals surface area contributed by atoms with E-state index in [1.54, 1.807) is 14.2 Å². The van der Waals surface area contributed by atoms with E-state index in [1.807, 2.05) is 58.8 Å². The standard InChI is InChI=1S/C25H28N4O4S/c1-32-21-11-10-17(13-22(21)33-2)20-16-34-25(27-20)28-23(30)15-29-12-6-7-18(14-29)24(31)26-19-8-4-3-5-9-19/h3-5,8-11,13,16,18H,6-7,12,14-15H2,1-2H3,(H,26,31)(H,27,28,30)/t18-/m0/s1. The number of nitrogens with one attached hydrogen (secondary N) is 2. The van der Waals surface area contributed by atoms with Crippen LogP contribution in [0.25, 0.3) is 11.3 Å². The van der Waals surface area contributed by atoms with Crippen LogP contribution in [0.15, 0.2) is 53.9 Å². The first-order valence-corrected chi connectivity index (χ1v) is 12.0. The number of amides is 2. The molecule has 0 saturated carbocycles. The van der Waals surface area contributed by atoms with E-state index in [0.29, 0.717) is 23.2 Å². The van der Waals surface area contributed by atoms with Crippen LogP contribution in [-0.2, 0) is 9.59 Å². The number of ether oxygens (including phenoxy) is 2. The molecule has 0 spiro atoms. The van der Waals surface area contributed by atoms with E-state index in [1.165, 1.54) is 11.3 Å².